The van der Waals surface area contributed by atoms with E-state index in [9.17, 15) is 0 Å². The van der Waals surface area contributed by atoms with Gasteiger partial charge in [-0.05, 0) is 28.1 Å². The first-order valence-corrected chi connectivity index (χ1v) is 5.44. The topological polar surface area (TPSA) is 36.4 Å². The molecule has 0 radical (unpaired) electrons. The van der Waals surface area contributed by atoms with Crippen LogP contribution in [0.5, 0.6) is 0 Å². The Bertz CT molecular complexity index is 378. The number of halogens is 2. The molecule has 1 aliphatic heterocycles. The Morgan fingerprint density at radius 2 is 2.36 bits per heavy atom. The average Bonchev–Trinajstić information content (AvgIpc) is 2.66. The Balaban J connectivity index is 2.20. The summed E-state index contributed by atoms with van der Waals surface area (Å²) in [5.74, 6) is 0.799. The van der Waals surface area contributed by atoms with Crippen LogP contribution in [0.1, 0.15) is 0 Å². The summed E-state index contributed by atoms with van der Waals surface area (Å²) in [6.45, 7) is 1.71. The minimum atomic E-state index is 0.689. The van der Waals surface area contributed by atoms with Gasteiger partial charge in [-0.1, -0.05) is 17.7 Å². The number of anilines is 1. The summed E-state index contributed by atoms with van der Waals surface area (Å²) in [7, 11) is 0. The van der Waals surface area contributed by atoms with Crippen LogP contribution in [0.15, 0.2) is 27.7 Å². The monoisotopic (exact) mass is 273 g/mol. The molecule has 74 valence electrons. The molecule has 3 nitrogen and oxygen atoms in total. The van der Waals surface area contributed by atoms with Crippen molar-refractivity contribution in [2.75, 3.05) is 18.4 Å². The molecule has 2 rings (SSSR count). The zero-order valence-electron chi connectivity index (χ0n) is 7.35. The number of nitrogens with zero attached hydrogens (tertiary/aromatic N) is 1. The highest BCUT2D eigenvalue weighted by atomic mass is 79.9. The van der Waals surface area contributed by atoms with Gasteiger partial charge in [0.2, 0.25) is 0 Å². The third-order valence-corrected chi connectivity index (χ3v) is 3.28. The summed E-state index contributed by atoms with van der Waals surface area (Å²) in [6.07, 6.45) is 0. The fourth-order valence-corrected chi connectivity index (χ4v) is 1.75. The molecule has 0 fully saturated rings. The number of rotatable bonds is 1. The van der Waals surface area contributed by atoms with Crippen molar-refractivity contribution < 1.29 is 0 Å². The van der Waals surface area contributed by atoms with Crippen LogP contribution in [0.25, 0.3) is 0 Å². The van der Waals surface area contributed by atoms with E-state index in [-0.39, 0.29) is 0 Å². The van der Waals surface area contributed by atoms with E-state index in [4.69, 9.17) is 11.6 Å². The molecule has 1 aliphatic rings. The van der Waals surface area contributed by atoms with Crippen LogP contribution in [0.4, 0.5) is 5.69 Å². The van der Waals surface area contributed by atoms with Crippen molar-refractivity contribution in [2.45, 2.75) is 0 Å². The second-order valence-electron chi connectivity index (χ2n) is 2.88. The average molecular weight is 275 g/mol. The van der Waals surface area contributed by atoms with Crippen LogP contribution < -0.4 is 10.6 Å². The van der Waals surface area contributed by atoms with E-state index < -0.39 is 0 Å². The van der Waals surface area contributed by atoms with Gasteiger partial charge in [0.05, 0.1) is 21.7 Å². The molecule has 1 aromatic rings. The molecule has 0 bridgehead atoms. The zero-order chi connectivity index (χ0) is 9.97. The Morgan fingerprint density at radius 1 is 1.50 bits per heavy atom. The van der Waals surface area contributed by atoms with Gasteiger partial charge in [0.25, 0.3) is 0 Å². The molecule has 0 aromatic heterocycles. The molecule has 0 amide bonds. The summed E-state index contributed by atoms with van der Waals surface area (Å²) < 4.78 is 0.859. The molecule has 0 saturated heterocycles. The molecule has 0 aliphatic carbocycles. The quantitative estimate of drug-likeness (QED) is 0.825. The van der Waals surface area contributed by atoms with Gasteiger partial charge in [-0.25, -0.2) is 0 Å². The summed E-state index contributed by atoms with van der Waals surface area (Å²) in [5, 5.41) is 6.97. The third-order valence-electron chi connectivity index (χ3n) is 1.88. The molecule has 0 saturated carbocycles. The first kappa shape index (κ1) is 9.80. The molecular formula is C9H9BrClN3. The zero-order valence-corrected chi connectivity index (χ0v) is 9.69. The standard InChI is InChI=1S/C9H9BrClN3/c10-8-6(11)2-1-3-7(8)14-9-12-4-5-13-9/h1-3H,4-5H2,(H2,12,13,14). The second kappa shape index (κ2) is 4.19. The summed E-state index contributed by atoms with van der Waals surface area (Å²) in [6, 6.07) is 5.67. The van der Waals surface area contributed by atoms with Gasteiger partial charge >= 0.3 is 0 Å². The van der Waals surface area contributed by atoms with Gasteiger partial charge in [-0.2, -0.15) is 0 Å². The SMILES string of the molecule is Clc1cccc(NC2=NCCN2)c1Br. The Labute approximate surface area is 95.7 Å². The first-order chi connectivity index (χ1) is 6.77. The molecule has 1 heterocycles. The number of nitrogens with one attached hydrogen (secondary N) is 2. The lowest BCUT2D eigenvalue weighted by molar-refractivity contribution is 0.959. The van der Waals surface area contributed by atoms with Gasteiger partial charge in [0, 0.05) is 6.54 Å². The highest BCUT2D eigenvalue weighted by Crippen LogP contribution is 2.29. The summed E-state index contributed by atoms with van der Waals surface area (Å²) in [5.41, 5.74) is 0.922. The van der Waals surface area contributed by atoms with Crippen LogP contribution >= 0.6 is 27.5 Å². The number of hydrogen-bond donors (Lipinski definition) is 2. The maximum atomic E-state index is 5.95. The number of guanidine groups is 1. The van der Waals surface area contributed by atoms with Gasteiger partial charge in [0.15, 0.2) is 5.96 Å². The van der Waals surface area contributed by atoms with Crippen LogP contribution in [0, 0.1) is 0 Å². The summed E-state index contributed by atoms with van der Waals surface area (Å²) in [4.78, 5) is 4.23. The highest BCUT2D eigenvalue weighted by Gasteiger charge is 2.08. The molecule has 14 heavy (non-hydrogen) atoms. The number of hydrogen-bond acceptors (Lipinski definition) is 3. The third kappa shape index (κ3) is 2.01. The lowest BCUT2D eigenvalue weighted by atomic mass is 10.3. The number of aliphatic imine (C=N–C) groups is 1. The molecule has 2 N–H and O–H groups in total. The van der Waals surface area contributed by atoms with Gasteiger partial charge in [-0.15, -0.1) is 0 Å². The van der Waals surface area contributed by atoms with Crippen molar-refractivity contribution in [2.24, 2.45) is 4.99 Å². The van der Waals surface area contributed by atoms with Crippen molar-refractivity contribution in [1.29, 1.82) is 0 Å². The smallest absolute Gasteiger partial charge is 0.195 e. The van der Waals surface area contributed by atoms with Crippen molar-refractivity contribution in [1.82, 2.24) is 5.32 Å². The maximum absolute atomic E-state index is 5.95. The van der Waals surface area contributed by atoms with E-state index in [1.807, 2.05) is 18.2 Å². The fraction of sp³-hybridized carbons (Fsp3) is 0.222. The van der Waals surface area contributed by atoms with E-state index >= 15 is 0 Å². The predicted octanol–water partition coefficient (Wildman–Crippen LogP) is 2.47. The Kier molecular flexibility index (Phi) is 2.93. The molecule has 0 spiro atoms. The van der Waals surface area contributed by atoms with Crippen molar-refractivity contribution in [3.63, 3.8) is 0 Å². The first-order valence-electron chi connectivity index (χ1n) is 4.27. The second-order valence-corrected chi connectivity index (χ2v) is 4.08. The maximum Gasteiger partial charge on any atom is 0.195 e. The Hall–Kier alpha value is -0.740. The van der Waals surface area contributed by atoms with E-state index in [0.29, 0.717) is 5.02 Å². The van der Waals surface area contributed by atoms with Crippen LogP contribution in [0.2, 0.25) is 5.02 Å². The van der Waals surface area contributed by atoms with Gasteiger partial charge < -0.3 is 10.6 Å². The van der Waals surface area contributed by atoms with Crippen LogP contribution in [-0.2, 0) is 0 Å². The lowest BCUT2D eigenvalue weighted by Crippen LogP contribution is -2.26. The molecular weight excluding hydrogens is 265 g/mol. The van der Waals surface area contributed by atoms with Crippen molar-refractivity contribution in [3.05, 3.63) is 27.7 Å². The minimum Gasteiger partial charge on any atom is -0.354 e. The van der Waals surface area contributed by atoms with Gasteiger partial charge in [0.1, 0.15) is 0 Å². The molecule has 5 heteroatoms. The van der Waals surface area contributed by atoms with Crippen LogP contribution in [-0.4, -0.2) is 19.0 Å². The predicted molar refractivity (Wildman–Crippen MR) is 63.1 cm³/mol. The van der Waals surface area contributed by atoms with E-state index in [1.165, 1.54) is 0 Å². The highest BCUT2D eigenvalue weighted by molar-refractivity contribution is 9.10. The van der Waals surface area contributed by atoms with Crippen molar-refractivity contribution in [3.8, 4) is 0 Å². The van der Waals surface area contributed by atoms with Crippen molar-refractivity contribution >= 4 is 39.2 Å². The summed E-state index contributed by atoms with van der Waals surface area (Å²) >= 11 is 9.36. The minimum absolute atomic E-state index is 0.689. The molecule has 0 atom stereocenters. The normalized spacial score (nSPS) is 14.9. The van der Waals surface area contributed by atoms with Crippen LogP contribution in [0.3, 0.4) is 0 Å². The van der Waals surface area contributed by atoms with Gasteiger partial charge in [-0.3, -0.25) is 4.99 Å². The largest absolute Gasteiger partial charge is 0.354 e. The van der Waals surface area contributed by atoms with E-state index in [2.05, 4.69) is 31.6 Å². The molecule has 0 unspecified atom stereocenters. The fourth-order valence-electron chi connectivity index (χ4n) is 1.21. The van der Waals surface area contributed by atoms with E-state index in [1.54, 1.807) is 0 Å². The van der Waals surface area contributed by atoms with E-state index in [0.717, 1.165) is 29.2 Å². The number of benzene rings is 1. The lowest BCUT2D eigenvalue weighted by Gasteiger charge is -2.09. The molecule has 1 aromatic carbocycles. The Morgan fingerprint density at radius 3 is 3.07 bits per heavy atom.